The van der Waals surface area contributed by atoms with E-state index in [2.05, 4.69) is 29.7 Å². The summed E-state index contributed by atoms with van der Waals surface area (Å²) in [5.41, 5.74) is 4.07. The Morgan fingerprint density at radius 1 is 1.08 bits per heavy atom. The Labute approximate surface area is 149 Å². The molecule has 0 spiro atoms. The topological polar surface area (TPSA) is 61.4 Å². The highest BCUT2D eigenvalue weighted by Crippen LogP contribution is 2.23. The van der Waals surface area contributed by atoms with Crippen LogP contribution in [0.2, 0.25) is 0 Å². The third kappa shape index (κ3) is 5.08. The zero-order valence-corrected chi connectivity index (χ0v) is 15.2. The number of hydrogen-bond acceptors (Lipinski definition) is 2. The van der Waals surface area contributed by atoms with Gasteiger partial charge in [-0.25, -0.2) is 4.79 Å². The Morgan fingerprint density at radius 2 is 1.72 bits per heavy atom. The molecule has 0 aromatic heterocycles. The van der Waals surface area contributed by atoms with E-state index in [-0.39, 0.29) is 24.4 Å². The highest BCUT2D eigenvalue weighted by atomic mass is 16.2. The number of carbonyl (C=O) groups is 2. The molecule has 0 saturated heterocycles. The van der Waals surface area contributed by atoms with Gasteiger partial charge >= 0.3 is 6.03 Å². The largest absolute Gasteiger partial charge is 0.359 e. The fraction of sp³-hybridized carbons (Fsp3) is 0.300. The van der Waals surface area contributed by atoms with E-state index in [0.717, 1.165) is 16.8 Å². The highest BCUT2D eigenvalue weighted by molar-refractivity contribution is 5.90. The monoisotopic (exact) mass is 339 g/mol. The molecule has 1 unspecified atom stereocenters. The Balaban J connectivity index is 2.08. The molecule has 0 heterocycles. The van der Waals surface area contributed by atoms with Crippen LogP contribution < -0.4 is 10.6 Å². The van der Waals surface area contributed by atoms with Crippen molar-refractivity contribution in [3.05, 3.63) is 54.1 Å². The second-order valence-corrected chi connectivity index (χ2v) is 6.22. The van der Waals surface area contributed by atoms with E-state index in [9.17, 15) is 9.59 Å². The molecule has 0 saturated carbocycles. The lowest BCUT2D eigenvalue weighted by molar-refractivity contribution is -0.121. The second kappa shape index (κ2) is 8.33. The highest BCUT2D eigenvalue weighted by Gasteiger charge is 2.18. The summed E-state index contributed by atoms with van der Waals surface area (Å²) in [6.07, 6.45) is 0.268. The van der Waals surface area contributed by atoms with Crippen molar-refractivity contribution in [2.24, 2.45) is 0 Å². The maximum atomic E-state index is 12.4. The second-order valence-electron chi connectivity index (χ2n) is 6.22. The summed E-state index contributed by atoms with van der Waals surface area (Å²) >= 11 is 0. The van der Waals surface area contributed by atoms with Crippen LogP contribution in [0.1, 0.15) is 18.9 Å². The van der Waals surface area contributed by atoms with Gasteiger partial charge in [0.1, 0.15) is 0 Å². The summed E-state index contributed by atoms with van der Waals surface area (Å²) in [5.74, 6) is -0.0893. The summed E-state index contributed by atoms with van der Waals surface area (Å²) in [6.45, 7) is 3.90. The number of nitrogens with zero attached hydrogens (tertiary/aromatic N) is 1. The van der Waals surface area contributed by atoms with Crippen molar-refractivity contribution in [2.45, 2.75) is 26.3 Å². The molecular weight excluding hydrogens is 314 g/mol. The van der Waals surface area contributed by atoms with Crippen molar-refractivity contribution in [3.63, 3.8) is 0 Å². The fourth-order valence-corrected chi connectivity index (χ4v) is 2.52. The van der Waals surface area contributed by atoms with Crippen molar-refractivity contribution in [1.29, 1.82) is 0 Å². The maximum absolute atomic E-state index is 12.4. The standard InChI is InChI=1S/C20H25N3O2/c1-14-7-5-8-16(11-14)17-9-6-10-18(13-17)22-20(25)23(4)15(2)12-19(24)21-3/h5-11,13,15H,12H2,1-4H3,(H,21,24)(H,22,25). The fourth-order valence-electron chi connectivity index (χ4n) is 2.52. The zero-order valence-electron chi connectivity index (χ0n) is 15.2. The van der Waals surface area contributed by atoms with Gasteiger partial charge in [-0.15, -0.1) is 0 Å². The quantitative estimate of drug-likeness (QED) is 0.873. The van der Waals surface area contributed by atoms with Crippen LogP contribution in [0.5, 0.6) is 0 Å². The van der Waals surface area contributed by atoms with Crippen molar-refractivity contribution < 1.29 is 9.59 Å². The lowest BCUT2D eigenvalue weighted by Crippen LogP contribution is -2.40. The van der Waals surface area contributed by atoms with Crippen molar-refractivity contribution in [1.82, 2.24) is 10.2 Å². The zero-order chi connectivity index (χ0) is 18.4. The molecule has 2 aromatic rings. The Bertz CT molecular complexity index is 758. The molecule has 0 bridgehead atoms. The van der Waals surface area contributed by atoms with E-state index in [1.165, 1.54) is 10.5 Å². The van der Waals surface area contributed by atoms with Gasteiger partial charge in [0, 0.05) is 32.2 Å². The maximum Gasteiger partial charge on any atom is 0.321 e. The van der Waals surface area contributed by atoms with E-state index in [1.807, 2.05) is 43.3 Å². The van der Waals surface area contributed by atoms with Gasteiger partial charge in [0.05, 0.1) is 0 Å². The molecule has 132 valence electrons. The number of benzene rings is 2. The summed E-state index contributed by atoms with van der Waals surface area (Å²) in [5, 5.41) is 5.47. The molecule has 1 atom stereocenters. The van der Waals surface area contributed by atoms with Crippen molar-refractivity contribution >= 4 is 17.6 Å². The number of rotatable bonds is 5. The van der Waals surface area contributed by atoms with Crippen LogP contribution >= 0.6 is 0 Å². The SMILES string of the molecule is CNC(=O)CC(C)N(C)C(=O)Nc1cccc(-c2cccc(C)c2)c1. The minimum Gasteiger partial charge on any atom is -0.359 e. The molecule has 5 nitrogen and oxygen atoms in total. The predicted octanol–water partition coefficient (Wildman–Crippen LogP) is 3.65. The Morgan fingerprint density at radius 3 is 2.36 bits per heavy atom. The molecule has 5 heteroatoms. The van der Waals surface area contributed by atoms with Gasteiger partial charge in [0.25, 0.3) is 0 Å². The number of anilines is 1. The third-order valence-electron chi connectivity index (χ3n) is 4.21. The Hall–Kier alpha value is -2.82. The molecule has 3 amide bonds. The number of carbonyl (C=O) groups excluding carboxylic acids is 2. The number of aryl methyl sites for hydroxylation is 1. The first-order valence-electron chi connectivity index (χ1n) is 8.32. The van der Waals surface area contributed by atoms with E-state index >= 15 is 0 Å². The molecule has 2 N–H and O–H groups in total. The first-order valence-corrected chi connectivity index (χ1v) is 8.32. The van der Waals surface area contributed by atoms with Crippen LogP contribution in [0.25, 0.3) is 11.1 Å². The molecule has 0 aliphatic rings. The first-order chi connectivity index (χ1) is 11.9. The summed E-state index contributed by atoms with van der Waals surface area (Å²) in [6, 6.07) is 15.5. The van der Waals surface area contributed by atoms with Gasteiger partial charge in [-0.3, -0.25) is 4.79 Å². The van der Waals surface area contributed by atoms with Crippen LogP contribution in [0, 0.1) is 6.92 Å². The first kappa shape index (κ1) is 18.5. The smallest absolute Gasteiger partial charge is 0.321 e. The predicted molar refractivity (Wildman–Crippen MR) is 102 cm³/mol. The number of nitrogens with one attached hydrogen (secondary N) is 2. The van der Waals surface area contributed by atoms with Crippen LogP contribution in [0.3, 0.4) is 0 Å². The lowest BCUT2D eigenvalue weighted by Gasteiger charge is -2.24. The van der Waals surface area contributed by atoms with Crippen LogP contribution in [-0.4, -0.2) is 37.0 Å². The van der Waals surface area contributed by atoms with Gasteiger partial charge in [-0.1, -0.05) is 42.0 Å². The van der Waals surface area contributed by atoms with Gasteiger partial charge in [0.15, 0.2) is 0 Å². The normalized spacial score (nSPS) is 11.5. The van der Waals surface area contributed by atoms with Crippen molar-refractivity contribution in [3.8, 4) is 11.1 Å². The third-order valence-corrected chi connectivity index (χ3v) is 4.21. The van der Waals surface area contributed by atoms with E-state index in [0.29, 0.717) is 0 Å². The summed E-state index contributed by atoms with van der Waals surface area (Å²) in [7, 11) is 3.28. The Kier molecular flexibility index (Phi) is 6.17. The molecule has 2 aromatic carbocycles. The summed E-state index contributed by atoms with van der Waals surface area (Å²) < 4.78 is 0. The number of urea groups is 1. The average molecular weight is 339 g/mol. The minimum atomic E-state index is -0.238. The van der Waals surface area contributed by atoms with Crippen LogP contribution in [0.4, 0.5) is 10.5 Å². The van der Waals surface area contributed by atoms with Gasteiger partial charge in [-0.2, -0.15) is 0 Å². The molecule has 0 fully saturated rings. The average Bonchev–Trinajstić information content (AvgIpc) is 2.61. The number of hydrogen-bond donors (Lipinski definition) is 2. The van der Waals surface area contributed by atoms with Gasteiger partial charge in [-0.05, 0) is 37.1 Å². The molecule has 0 aliphatic carbocycles. The van der Waals surface area contributed by atoms with Gasteiger partial charge < -0.3 is 15.5 Å². The van der Waals surface area contributed by atoms with Crippen LogP contribution in [0.15, 0.2) is 48.5 Å². The number of amides is 3. The molecule has 25 heavy (non-hydrogen) atoms. The minimum absolute atomic E-state index is 0.0893. The summed E-state index contributed by atoms with van der Waals surface area (Å²) in [4.78, 5) is 25.4. The van der Waals surface area contributed by atoms with E-state index in [4.69, 9.17) is 0 Å². The molecule has 2 rings (SSSR count). The van der Waals surface area contributed by atoms with E-state index in [1.54, 1.807) is 14.1 Å². The molecular formula is C20H25N3O2. The lowest BCUT2D eigenvalue weighted by atomic mass is 10.0. The van der Waals surface area contributed by atoms with Crippen LogP contribution in [-0.2, 0) is 4.79 Å². The molecule has 0 radical (unpaired) electrons. The van der Waals surface area contributed by atoms with Gasteiger partial charge in [0.2, 0.25) is 5.91 Å². The van der Waals surface area contributed by atoms with E-state index < -0.39 is 0 Å². The molecule has 0 aliphatic heterocycles. The van der Waals surface area contributed by atoms with Crippen molar-refractivity contribution in [2.75, 3.05) is 19.4 Å².